The second-order valence-electron chi connectivity index (χ2n) is 11.8. The van der Waals surface area contributed by atoms with Gasteiger partial charge in [-0.25, -0.2) is 4.79 Å². The molecule has 6 rings (SSSR count). The molecule has 6 fully saturated rings. The van der Waals surface area contributed by atoms with Gasteiger partial charge in [0.15, 0.2) is 6.29 Å². The quantitative estimate of drug-likeness (QED) is 0.341. The van der Waals surface area contributed by atoms with Crippen molar-refractivity contribution < 1.29 is 38.4 Å². The first-order chi connectivity index (χ1) is 16.6. The summed E-state index contributed by atoms with van der Waals surface area (Å²) in [6.45, 7) is 10.7. The zero-order valence-electron chi connectivity index (χ0n) is 21.6. The fourth-order valence-electron chi connectivity index (χ4n) is 7.84. The number of allylic oxidation sites excluding steroid dienone is 1. The van der Waals surface area contributed by atoms with Crippen LogP contribution in [0.15, 0.2) is 11.6 Å². The number of carbonyl (C=O) groups excluding carboxylic acids is 2. The van der Waals surface area contributed by atoms with E-state index in [-0.39, 0.29) is 35.2 Å². The SMILES string of the molecule is C/C=C(\C)C(=O)O[C@H]1O[C@@H]2C[C@@H]3[C@@](C)(CC[C@H]4CCO[C@H]4O)[C@H](C)C[C@H](OC(C)=O)[C@]13[C@@]1(CO1)C2. The number of epoxide rings is 1. The van der Waals surface area contributed by atoms with Crippen LogP contribution in [0.3, 0.4) is 0 Å². The Labute approximate surface area is 207 Å². The Hall–Kier alpha value is -1.48. The van der Waals surface area contributed by atoms with E-state index in [1.807, 2.05) is 0 Å². The lowest BCUT2D eigenvalue weighted by molar-refractivity contribution is -0.368. The molecule has 0 aromatic carbocycles. The maximum atomic E-state index is 13.0. The zero-order valence-corrected chi connectivity index (χ0v) is 21.6. The molecule has 196 valence electrons. The van der Waals surface area contributed by atoms with Gasteiger partial charge in [0.2, 0.25) is 6.29 Å². The summed E-state index contributed by atoms with van der Waals surface area (Å²) in [5, 5.41) is 10.3. The topological polar surface area (TPSA) is 104 Å². The Morgan fingerprint density at radius 3 is 2.54 bits per heavy atom. The number of hydrogen-bond donors (Lipinski definition) is 1. The summed E-state index contributed by atoms with van der Waals surface area (Å²) in [7, 11) is 0. The summed E-state index contributed by atoms with van der Waals surface area (Å²) in [5.41, 5.74) is -0.922. The van der Waals surface area contributed by atoms with Gasteiger partial charge < -0.3 is 28.8 Å². The fraction of sp³-hybridized carbons (Fsp3) is 0.852. The minimum absolute atomic E-state index is 0.0706. The van der Waals surface area contributed by atoms with Gasteiger partial charge in [0, 0.05) is 24.8 Å². The number of rotatable bonds is 6. The molecule has 10 atom stereocenters. The number of hydrogen-bond acceptors (Lipinski definition) is 8. The maximum Gasteiger partial charge on any atom is 0.335 e. The lowest BCUT2D eigenvalue weighted by Gasteiger charge is -2.68. The molecule has 8 nitrogen and oxygen atoms in total. The van der Waals surface area contributed by atoms with E-state index in [2.05, 4.69) is 13.8 Å². The lowest BCUT2D eigenvalue weighted by Crippen LogP contribution is -2.75. The summed E-state index contributed by atoms with van der Waals surface area (Å²) in [6.07, 6.45) is 4.41. The van der Waals surface area contributed by atoms with Crippen LogP contribution in [0.4, 0.5) is 0 Å². The highest BCUT2D eigenvalue weighted by Gasteiger charge is 2.82. The van der Waals surface area contributed by atoms with Crippen LogP contribution in [0.5, 0.6) is 0 Å². The van der Waals surface area contributed by atoms with E-state index in [0.717, 1.165) is 32.1 Å². The van der Waals surface area contributed by atoms with Crippen LogP contribution < -0.4 is 0 Å². The second-order valence-corrected chi connectivity index (χ2v) is 11.8. The van der Waals surface area contributed by atoms with Crippen LogP contribution in [0.1, 0.15) is 73.1 Å². The number of carbonyl (C=O) groups is 2. The van der Waals surface area contributed by atoms with Crippen molar-refractivity contribution in [1.82, 2.24) is 0 Å². The van der Waals surface area contributed by atoms with E-state index in [0.29, 0.717) is 25.2 Å². The van der Waals surface area contributed by atoms with Crippen molar-refractivity contribution in [3.63, 3.8) is 0 Å². The predicted molar refractivity (Wildman–Crippen MR) is 125 cm³/mol. The van der Waals surface area contributed by atoms with E-state index in [1.54, 1.807) is 19.9 Å². The van der Waals surface area contributed by atoms with Crippen LogP contribution in [-0.4, -0.2) is 60.6 Å². The summed E-state index contributed by atoms with van der Waals surface area (Å²) >= 11 is 0. The summed E-state index contributed by atoms with van der Waals surface area (Å²) in [6, 6.07) is 0. The molecule has 35 heavy (non-hydrogen) atoms. The number of aliphatic hydroxyl groups is 1. The average Bonchev–Trinajstić information content (AvgIpc) is 3.44. The van der Waals surface area contributed by atoms with E-state index in [4.69, 9.17) is 23.7 Å². The Balaban J connectivity index is 1.55. The second kappa shape index (κ2) is 8.82. The molecular formula is C27H40O8. The molecule has 2 saturated carbocycles. The highest BCUT2D eigenvalue weighted by molar-refractivity contribution is 5.87. The summed E-state index contributed by atoms with van der Waals surface area (Å²) in [4.78, 5) is 25.3. The predicted octanol–water partition coefficient (Wildman–Crippen LogP) is 3.50. The third kappa shape index (κ3) is 3.78. The molecule has 2 spiro atoms. The fourth-order valence-corrected chi connectivity index (χ4v) is 7.84. The Morgan fingerprint density at radius 1 is 1.20 bits per heavy atom. The molecule has 4 heterocycles. The van der Waals surface area contributed by atoms with Crippen LogP contribution in [0.2, 0.25) is 0 Å². The number of aliphatic hydroxyl groups excluding tert-OH is 1. The maximum absolute atomic E-state index is 13.0. The van der Waals surface area contributed by atoms with Gasteiger partial charge >= 0.3 is 11.9 Å². The molecule has 0 amide bonds. The standard InChI is InChI=1S/C27H40O8/c1-6-15(2)22(29)35-24-27-20(12-19(34-24)13-26(27)14-32-26)25(5,9-7-18-8-10-31-23(18)30)16(3)11-21(27)33-17(4)28/h6,16,18-21,23-24,30H,7-14H2,1-5H3/b15-6+/t16-,18+,19-,20-,21+,23-,24-,25+,26+,27+/m1/s1. The minimum Gasteiger partial charge on any atom is -0.462 e. The lowest BCUT2D eigenvalue weighted by atomic mass is 9.41. The molecule has 2 bridgehead atoms. The smallest absolute Gasteiger partial charge is 0.335 e. The van der Waals surface area contributed by atoms with E-state index < -0.39 is 35.7 Å². The van der Waals surface area contributed by atoms with E-state index in [1.165, 1.54) is 6.92 Å². The first-order valence-corrected chi connectivity index (χ1v) is 13.2. The summed E-state index contributed by atoms with van der Waals surface area (Å²) < 4.78 is 30.2. The van der Waals surface area contributed by atoms with Gasteiger partial charge in [-0.3, -0.25) is 4.79 Å². The number of esters is 2. The normalized spacial score (nSPS) is 48.5. The molecule has 4 aliphatic heterocycles. The Kier molecular flexibility index (Phi) is 6.35. The summed E-state index contributed by atoms with van der Waals surface area (Å²) in [5.74, 6) is -0.312. The van der Waals surface area contributed by atoms with Crippen LogP contribution in [0, 0.1) is 28.6 Å². The van der Waals surface area contributed by atoms with Crippen LogP contribution in [0.25, 0.3) is 0 Å². The van der Waals surface area contributed by atoms with Gasteiger partial charge in [-0.2, -0.15) is 0 Å². The van der Waals surface area contributed by atoms with Crippen molar-refractivity contribution >= 4 is 11.9 Å². The highest BCUT2D eigenvalue weighted by Crippen LogP contribution is 2.73. The van der Waals surface area contributed by atoms with Crippen molar-refractivity contribution in [1.29, 1.82) is 0 Å². The molecule has 0 aromatic rings. The minimum atomic E-state index is -0.846. The van der Waals surface area contributed by atoms with Gasteiger partial charge in [-0.1, -0.05) is 19.9 Å². The average molecular weight is 493 g/mol. The van der Waals surface area contributed by atoms with E-state index >= 15 is 0 Å². The van der Waals surface area contributed by atoms with Gasteiger partial charge in [0.1, 0.15) is 17.1 Å². The van der Waals surface area contributed by atoms with Gasteiger partial charge in [-0.05, 0) is 63.2 Å². The molecular weight excluding hydrogens is 452 g/mol. The highest BCUT2D eigenvalue weighted by atomic mass is 16.7. The molecule has 4 saturated heterocycles. The zero-order chi connectivity index (χ0) is 25.2. The molecule has 0 unspecified atom stereocenters. The van der Waals surface area contributed by atoms with E-state index in [9.17, 15) is 14.7 Å². The first kappa shape index (κ1) is 25.2. The monoisotopic (exact) mass is 492 g/mol. The third-order valence-electron chi connectivity index (χ3n) is 10.2. The molecule has 0 radical (unpaired) electrons. The van der Waals surface area contributed by atoms with Gasteiger partial charge in [0.25, 0.3) is 0 Å². The van der Waals surface area contributed by atoms with Crippen molar-refractivity contribution in [3.8, 4) is 0 Å². The molecule has 0 aromatic heterocycles. The first-order valence-electron chi connectivity index (χ1n) is 13.2. The number of fused-ring (bicyclic) bond motifs is 1. The Morgan fingerprint density at radius 2 is 1.94 bits per heavy atom. The van der Waals surface area contributed by atoms with Crippen molar-refractivity contribution in [2.75, 3.05) is 13.2 Å². The van der Waals surface area contributed by atoms with Crippen molar-refractivity contribution in [2.45, 2.75) is 104 Å². The van der Waals surface area contributed by atoms with Gasteiger partial charge in [-0.15, -0.1) is 0 Å². The van der Waals surface area contributed by atoms with Crippen LogP contribution >= 0.6 is 0 Å². The largest absolute Gasteiger partial charge is 0.462 e. The molecule has 6 aliphatic rings. The molecule has 8 heteroatoms. The number of ether oxygens (including phenoxy) is 5. The van der Waals surface area contributed by atoms with Crippen LogP contribution in [-0.2, 0) is 33.3 Å². The van der Waals surface area contributed by atoms with Gasteiger partial charge in [0.05, 0.1) is 19.3 Å². The molecule has 2 aliphatic carbocycles. The van der Waals surface area contributed by atoms with Crippen molar-refractivity contribution in [2.24, 2.45) is 28.6 Å². The van der Waals surface area contributed by atoms with Crippen molar-refractivity contribution in [3.05, 3.63) is 11.6 Å². The third-order valence-corrected chi connectivity index (χ3v) is 10.2. The Bertz CT molecular complexity index is 896. The molecule has 1 N–H and O–H groups in total.